The maximum absolute atomic E-state index is 10.5. The van der Waals surface area contributed by atoms with Gasteiger partial charge in [0.25, 0.3) is 0 Å². The van der Waals surface area contributed by atoms with Gasteiger partial charge in [-0.25, -0.2) is 4.99 Å². The van der Waals surface area contributed by atoms with Gasteiger partial charge in [0.15, 0.2) is 5.96 Å². The van der Waals surface area contributed by atoms with Crippen molar-refractivity contribution >= 4 is 29.9 Å². The monoisotopic (exact) mass is 478 g/mol. The molecule has 1 saturated heterocycles. The second kappa shape index (κ2) is 11.8. The highest BCUT2D eigenvalue weighted by atomic mass is 127. The van der Waals surface area contributed by atoms with Crippen LogP contribution in [0.3, 0.4) is 0 Å². The number of piperidine rings is 1. The Morgan fingerprint density at radius 3 is 2.92 bits per heavy atom. The Labute approximate surface area is 174 Å². The molecule has 0 aromatic carbocycles. The Morgan fingerprint density at radius 1 is 1.46 bits per heavy atom. The quantitative estimate of drug-likeness (QED) is 0.232. The van der Waals surface area contributed by atoms with E-state index in [1.165, 1.54) is 25.9 Å². The van der Waals surface area contributed by atoms with Gasteiger partial charge >= 0.3 is 0 Å². The zero-order chi connectivity index (χ0) is 18.1. The molecule has 1 aliphatic rings. The number of hydrogen-bond donors (Lipinski definition) is 3. The molecule has 1 aromatic heterocycles. The fourth-order valence-electron chi connectivity index (χ4n) is 3.24. The van der Waals surface area contributed by atoms with Gasteiger partial charge in [-0.05, 0) is 64.3 Å². The third-order valence-electron chi connectivity index (χ3n) is 4.63. The number of hydrogen-bond acceptors (Lipinski definition) is 4. The molecule has 0 amide bonds. The minimum Gasteiger partial charge on any atom is -0.466 e. The number of rotatable bonds is 8. The molecule has 26 heavy (non-hydrogen) atoms. The van der Waals surface area contributed by atoms with Crippen LogP contribution in [0.4, 0.5) is 0 Å². The van der Waals surface area contributed by atoms with E-state index in [-0.39, 0.29) is 30.5 Å². The van der Waals surface area contributed by atoms with Gasteiger partial charge in [0.05, 0.1) is 12.8 Å². The Bertz CT molecular complexity index is 520. The fourth-order valence-corrected chi connectivity index (χ4v) is 3.24. The van der Waals surface area contributed by atoms with E-state index in [0.717, 1.165) is 37.9 Å². The summed E-state index contributed by atoms with van der Waals surface area (Å²) in [5.41, 5.74) is -1.10. The van der Waals surface area contributed by atoms with E-state index < -0.39 is 5.60 Å². The smallest absolute Gasteiger partial charge is 0.191 e. The number of halogens is 1. The third kappa shape index (κ3) is 7.84. The van der Waals surface area contributed by atoms with E-state index in [9.17, 15) is 5.11 Å². The standard InChI is InChI=1S/C19H34N4O2.HI/c1-4-20-18(22-15-19(3,24)17-9-6-13-25-17)21-10-7-12-23-11-5-8-16(2)14-23;/h6,9,13,16,24H,4-5,7-8,10-12,14-15H2,1-3H3,(H2,20,21,22);1H. The molecule has 6 nitrogen and oxygen atoms in total. The average molecular weight is 478 g/mol. The van der Waals surface area contributed by atoms with Gasteiger partial charge in [0, 0.05) is 19.6 Å². The van der Waals surface area contributed by atoms with Crippen LogP contribution in [0.25, 0.3) is 0 Å². The van der Waals surface area contributed by atoms with Crippen molar-refractivity contribution in [3.8, 4) is 0 Å². The number of nitrogens with zero attached hydrogens (tertiary/aromatic N) is 2. The van der Waals surface area contributed by atoms with Crippen LogP contribution in [-0.4, -0.2) is 55.2 Å². The molecule has 0 saturated carbocycles. The van der Waals surface area contributed by atoms with E-state index in [2.05, 4.69) is 27.4 Å². The second-order valence-electron chi connectivity index (χ2n) is 7.27. The molecule has 1 aliphatic heterocycles. The summed E-state index contributed by atoms with van der Waals surface area (Å²) in [5, 5.41) is 17.1. The Morgan fingerprint density at radius 2 is 2.27 bits per heavy atom. The first kappa shape index (κ1) is 23.2. The average Bonchev–Trinajstić information content (AvgIpc) is 3.12. The minimum absolute atomic E-state index is 0. The van der Waals surface area contributed by atoms with Crippen molar-refractivity contribution in [3.05, 3.63) is 24.2 Å². The second-order valence-corrected chi connectivity index (χ2v) is 7.27. The van der Waals surface area contributed by atoms with Crippen LogP contribution in [0, 0.1) is 5.92 Å². The summed E-state index contributed by atoms with van der Waals surface area (Å²) in [6.07, 6.45) is 5.34. The van der Waals surface area contributed by atoms with Crippen LogP contribution in [0.5, 0.6) is 0 Å². The summed E-state index contributed by atoms with van der Waals surface area (Å²) in [5.74, 6) is 2.09. The van der Waals surface area contributed by atoms with Crippen molar-refractivity contribution in [2.45, 2.75) is 45.6 Å². The van der Waals surface area contributed by atoms with Gasteiger partial charge in [0.1, 0.15) is 11.4 Å². The largest absolute Gasteiger partial charge is 0.466 e. The lowest BCUT2D eigenvalue weighted by Crippen LogP contribution is -2.41. The fraction of sp³-hybridized carbons (Fsp3) is 0.737. The lowest BCUT2D eigenvalue weighted by molar-refractivity contribution is 0.0437. The molecule has 2 atom stereocenters. The van der Waals surface area contributed by atoms with Crippen LogP contribution >= 0.6 is 24.0 Å². The minimum atomic E-state index is -1.10. The molecule has 1 fully saturated rings. The van der Waals surface area contributed by atoms with E-state index >= 15 is 0 Å². The lowest BCUT2D eigenvalue weighted by atomic mass is 10.0. The third-order valence-corrected chi connectivity index (χ3v) is 4.63. The van der Waals surface area contributed by atoms with Crippen LogP contribution in [-0.2, 0) is 5.60 Å². The number of aliphatic hydroxyl groups is 1. The molecule has 3 N–H and O–H groups in total. The summed E-state index contributed by atoms with van der Waals surface area (Å²) in [4.78, 5) is 7.07. The SMILES string of the molecule is CCNC(=NCC(C)(O)c1ccco1)NCCCN1CCCC(C)C1.I. The van der Waals surface area contributed by atoms with Gasteiger partial charge in [-0.3, -0.25) is 0 Å². The number of furan rings is 1. The topological polar surface area (TPSA) is 73.0 Å². The first-order valence-corrected chi connectivity index (χ1v) is 9.52. The highest BCUT2D eigenvalue weighted by Gasteiger charge is 2.26. The number of nitrogens with one attached hydrogen (secondary N) is 2. The van der Waals surface area contributed by atoms with Crippen LogP contribution in [0.1, 0.15) is 45.8 Å². The van der Waals surface area contributed by atoms with E-state index in [1.807, 2.05) is 6.92 Å². The summed E-state index contributed by atoms with van der Waals surface area (Å²) < 4.78 is 5.30. The van der Waals surface area contributed by atoms with Gasteiger partial charge in [-0.2, -0.15) is 0 Å². The molecular weight excluding hydrogens is 443 g/mol. The molecule has 0 spiro atoms. The lowest BCUT2D eigenvalue weighted by Gasteiger charge is -2.30. The highest BCUT2D eigenvalue weighted by molar-refractivity contribution is 14.0. The zero-order valence-electron chi connectivity index (χ0n) is 16.3. The van der Waals surface area contributed by atoms with Gasteiger partial charge in [0.2, 0.25) is 0 Å². The molecule has 0 aliphatic carbocycles. The Hall–Kier alpha value is -0.800. The molecule has 1 aromatic rings. The zero-order valence-corrected chi connectivity index (χ0v) is 18.7. The molecule has 2 rings (SSSR count). The first-order valence-electron chi connectivity index (χ1n) is 9.52. The molecule has 2 heterocycles. The summed E-state index contributed by atoms with van der Waals surface area (Å²) >= 11 is 0. The van der Waals surface area contributed by atoms with Gasteiger partial charge in [-0.15, -0.1) is 24.0 Å². The van der Waals surface area contributed by atoms with Crippen LogP contribution < -0.4 is 10.6 Å². The van der Waals surface area contributed by atoms with Crippen molar-refractivity contribution in [1.29, 1.82) is 0 Å². The van der Waals surface area contributed by atoms with Crippen molar-refractivity contribution in [3.63, 3.8) is 0 Å². The number of guanidine groups is 1. The Balaban J connectivity index is 0.00000338. The summed E-state index contributed by atoms with van der Waals surface area (Å²) in [6, 6.07) is 3.55. The predicted molar refractivity (Wildman–Crippen MR) is 117 cm³/mol. The first-order chi connectivity index (χ1) is 12.0. The number of aliphatic imine (C=N–C) groups is 1. The normalized spacial score (nSPS) is 20.9. The maximum atomic E-state index is 10.5. The van der Waals surface area contributed by atoms with Crippen LogP contribution in [0.15, 0.2) is 27.8 Å². The van der Waals surface area contributed by atoms with Gasteiger partial charge in [-0.1, -0.05) is 6.92 Å². The molecular formula is C19H35IN4O2. The Kier molecular flexibility index (Phi) is 10.6. The van der Waals surface area contributed by atoms with Crippen molar-refractivity contribution < 1.29 is 9.52 Å². The van der Waals surface area contributed by atoms with Crippen molar-refractivity contribution in [2.24, 2.45) is 10.9 Å². The molecule has 2 unspecified atom stereocenters. The van der Waals surface area contributed by atoms with E-state index in [0.29, 0.717) is 5.76 Å². The number of likely N-dealkylation sites (tertiary alicyclic amines) is 1. The molecule has 0 bridgehead atoms. The molecule has 7 heteroatoms. The predicted octanol–water partition coefficient (Wildman–Crippen LogP) is 2.78. The maximum Gasteiger partial charge on any atom is 0.191 e. The van der Waals surface area contributed by atoms with E-state index in [1.54, 1.807) is 25.3 Å². The van der Waals surface area contributed by atoms with Crippen molar-refractivity contribution in [1.82, 2.24) is 15.5 Å². The molecule has 150 valence electrons. The van der Waals surface area contributed by atoms with Crippen molar-refractivity contribution in [2.75, 3.05) is 39.3 Å². The molecule has 0 radical (unpaired) electrons. The van der Waals surface area contributed by atoms with E-state index in [4.69, 9.17) is 4.42 Å². The van der Waals surface area contributed by atoms with Gasteiger partial charge < -0.3 is 25.1 Å². The summed E-state index contributed by atoms with van der Waals surface area (Å²) in [7, 11) is 0. The summed E-state index contributed by atoms with van der Waals surface area (Å²) in [6.45, 7) is 11.6. The van der Waals surface area contributed by atoms with Crippen LogP contribution in [0.2, 0.25) is 0 Å². The highest BCUT2D eigenvalue weighted by Crippen LogP contribution is 2.21.